The lowest BCUT2D eigenvalue weighted by Gasteiger charge is -2.33. The van der Waals surface area contributed by atoms with Gasteiger partial charge in [-0.05, 0) is 56.8 Å². The van der Waals surface area contributed by atoms with Crippen molar-refractivity contribution in [3.05, 3.63) is 18.3 Å². The molecule has 2 aliphatic rings. The van der Waals surface area contributed by atoms with Crippen LogP contribution in [0.2, 0.25) is 0 Å². The lowest BCUT2D eigenvalue weighted by molar-refractivity contribution is 0.442. The Hall–Kier alpha value is -1.29. The Morgan fingerprint density at radius 1 is 1.32 bits per heavy atom. The highest BCUT2D eigenvalue weighted by Gasteiger charge is 2.23. The molecule has 1 saturated heterocycles. The second kappa shape index (κ2) is 5.78. The van der Waals surface area contributed by atoms with Gasteiger partial charge in [0.15, 0.2) is 5.82 Å². The standard InChI is InChI=1S/C15H24N4/c1-19(13-6-9-16-10-7-13)15-14(3-2-8-17-15)18-11-12-4-5-12/h2-3,8,12-13,16,18H,4-7,9-11H2,1H3. The highest BCUT2D eigenvalue weighted by atomic mass is 15.2. The molecule has 1 aromatic rings. The van der Waals surface area contributed by atoms with E-state index in [0.29, 0.717) is 6.04 Å². The third kappa shape index (κ3) is 3.18. The maximum atomic E-state index is 4.60. The molecule has 1 aromatic heterocycles. The SMILES string of the molecule is CN(c1ncccc1NCC1CC1)C1CCNCC1. The predicted octanol–water partition coefficient (Wildman–Crippen LogP) is 2.09. The van der Waals surface area contributed by atoms with E-state index in [1.54, 1.807) is 0 Å². The first kappa shape index (κ1) is 12.7. The third-order valence-electron chi connectivity index (χ3n) is 4.26. The second-order valence-electron chi connectivity index (χ2n) is 5.79. The van der Waals surface area contributed by atoms with E-state index in [1.807, 2.05) is 12.3 Å². The fourth-order valence-corrected chi connectivity index (χ4v) is 2.76. The molecule has 4 heteroatoms. The Bertz CT molecular complexity index is 410. The summed E-state index contributed by atoms with van der Waals surface area (Å²) in [7, 11) is 2.18. The van der Waals surface area contributed by atoms with Gasteiger partial charge in [0.05, 0.1) is 5.69 Å². The molecule has 0 spiro atoms. The average molecular weight is 260 g/mol. The summed E-state index contributed by atoms with van der Waals surface area (Å²) in [4.78, 5) is 6.95. The van der Waals surface area contributed by atoms with E-state index in [1.165, 1.54) is 31.4 Å². The molecule has 1 saturated carbocycles. The summed E-state index contributed by atoms with van der Waals surface area (Å²) in [6.07, 6.45) is 7.07. The Balaban J connectivity index is 1.70. The van der Waals surface area contributed by atoms with E-state index in [0.717, 1.165) is 31.4 Å². The zero-order valence-electron chi connectivity index (χ0n) is 11.7. The second-order valence-corrected chi connectivity index (χ2v) is 5.79. The number of hydrogen-bond donors (Lipinski definition) is 2. The van der Waals surface area contributed by atoms with Crippen LogP contribution < -0.4 is 15.5 Å². The lowest BCUT2D eigenvalue weighted by Crippen LogP contribution is -2.41. The van der Waals surface area contributed by atoms with Crippen LogP contribution >= 0.6 is 0 Å². The molecule has 104 valence electrons. The van der Waals surface area contributed by atoms with E-state index in [2.05, 4.69) is 33.6 Å². The number of piperidine rings is 1. The summed E-state index contributed by atoms with van der Waals surface area (Å²) < 4.78 is 0. The van der Waals surface area contributed by atoms with Crippen LogP contribution in [0.4, 0.5) is 11.5 Å². The van der Waals surface area contributed by atoms with Gasteiger partial charge in [0.25, 0.3) is 0 Å². The van der Waals surface area contributed by atoms with Crippen LogP contribution in [0.3, 0.4) is 0 Å². The van der Waals surface area contributed by atoms with E-state index >= 15 is 0 Å². The minimum Gasteiger partial charge on any atom is -0.382 e. The normalized spacial score (nSPS) is 20.3. The molecule has 1 aliphatic carbocycles. The molecule has 0 aromatic carbocycles. The maximum absolute atomic E-state index is 4.60. The van der Waals surface area contributed by atoms with Crippen LogP contribution in [0.25, 0.3) is 0 Å². The van der Waals surface area contributed by atoms with Crippen molar-refractivity contribution < 1.29 is 0 Å². The molecule has 2 N–H and O–H groups in total. The van der Waals surface area contributed by atoms with Crippen LogP contribution in [-0.4, -0.2) is 37.7 Å². The van der Waals surface area contributed by atoms with E-state index in [-0.39, 0.29) is 0 Å². The van der Waals surface area contributed by atoms with Crippen molar-refractivity contribution in [2.75, 3.05) is 36.9 Å². The number of aromatic nitrogens is 1. The minimum atomic E-state index is 0.609. The molecule has 2 heterocycles. The Morgan fingerprint density at radius 3 is 2.84 bits per heavy atom. The first-order valence-corrected chi connectivity index (χ1v) is 7.47. The number of anilines is 2. The van der Waals surface area contributed by atoms with Crippen molar-refractivity contribution in [1.82, 2.24) is 10.3 Å². The maximum Gasteiger partial charge on any atom is 0.151 e. The van der Waals surface area contributed by atoms with Gasteiger partial charge in [-0.3, -0.25) is 0 Å². The van der Waals surface area contributed by atoms with Gasteiger partial charge < -0.3 is 15.5 Å². The van der Waals surface area contributed by atoms with Crippen molar-refractivity contribution in [1.29, 1.82) is 0 Å². The zero-order valence-corrected chi connectivity index (χ0v) is 11.7. The molecule has 0 unspecified atom stereocenters. The molecule has 0 atom stereocenters. The van der Waals surface area contributed by atoms with Crippen molar-refractivity contribution in [3.8, 4) is 0 Å². The summed E-state index contributed by atoms with van der Waals surface area (Å²) in [5.74, 6) is 1.99. The monoisotopic (exact) mass is 260 g/mol. The largest absolute Gasteiger partial charge is 0.382 e. The summed E-state index contributed by atoms with van der Waals surface area (Å²) >= 11 is 0. The van der Waals surface area contributed by atoms with Gasteiger partial charge in [-0.25, -0.2) is 4.98 Å². The van der Waals surface area contributed by atoms with Crippen molar-refractivity contribution >= 4 is 11.5 Å². The number of nitrogens with zero attached hydrogens (tertiary/aromatic N) is 2. The Labute approximate surface area is 115 Å². The molecule has 2 fully saturated rings. The summed E-state index contributed by atoms with van der Waals surface area (Å²) in [6.45, 7) is 3.33. The van der Waals surface area contributed by atoms with Gasteiger partial charge in [-0.2, -0.15) is 0 Å². The van der Waals surface area contributed by atoms with Crippen LogP contribution in [-0.2, 0) is 0 Å². The van der Waals surface area contributed by atoms with Crippen molar-refractivity contribution in [2.24, 2.45) is 5.92 Å². The number of rotatable bonds is 5. The molecule has 0 amide bonds. The van der Waals surface area contributed by atoms with E-state index in [9.17, 15) is 0 Å². The molecule has 1 aliphatic heterocycles. The summed E-state index contributed by atoms with van der Waals surface area (Å²) in [5, 5.41) is 7.00. The van der Waals surface area contributed by atoms with Gasteiger partial charge in [0.2, 0.25) is 0 Å². The molecule has 3 rings (SSSR count). The van der Waals surface area contributed by atoms with Crippen LogP contribution in [0.5, 0.6) is 0 Å². The molecule has 4 nitrogen and oxygen atoms in total. The highest BCUT2D eigenvalue weighted by molar-refractivity contribution is 5.65. The molecule has 0 bridgehead atoms. The molecule has 0 radical (unpaired) electrons. The zero-order chi connectivity index (χ0) is 13.1. The van der Waals surface area contributed by atoms with Crippen LogP contribution in [0, 0.1) is 5.92 Å². The number of pyridine rings is 1. The highest BCUT2D eigenvalue weighted by Crippen LogP contribution is 2.31. The van der Waals surface area contributed by atoms with E-state index < -0.39 is 0 Å². The van der Waals surface area contributed by atoms with Gasteiger partial charge >= 0.3 is 0 Å². The molecule has 19 heavy (non-hydrogen) atoms. The fraction of sp³-hybridized carbons (Fsp3) is 0.667. The van der Waals surface area contributed by atoms with Crippen molar-refractivity contribution in [2.45, 2.75) is 31.7 Å². The smallest absolute Gasteiger partial charge is 0.151 e. The van der Waals surface area contributed by atoms with Gasteiger partial charge in [-0.1, -0.05) is 0 Å². The molecular formula is C15H24N4. The quantitative estimate of drug-likeness (QED) is 0.850. The van der Waals surface area contributed by atoms with Crippen LogP contribution in [0.15, 0.2) is 18.3 Å². The molecular weight excluding hydrogens is 236 g/mol. The number of nitrogens with one attached hydrogen (secondary N) is 2. The van der Waals surface area contributed by atoms with Gasteiger partial charge in [0.1, 0.15) is 0 Å². The lowest BCUT2D eigenvalue weighted by atomic mass is 10.1. The predicted molar refractivity (Wildman–Crippen MR) is 79.7 cm³/mol. The Kier molecular flexibility index (Phi) is 3.87. The van der Waals surface area contributed by atoms with Gasteiger partial charge in [-0.15, -0.1) is 0 Å². The van der Waals surface area contributed by atoms with E-state index in [4.69, 9.17) is 0 Å². The fourth-order valence-electron chi connectivity index (χ4n) is 2.76. The summed E-state index contributed by atoms with van der Waals surface area (Å²) in [6, 6.07) is 4.79. The topological polar surface area (TPSA) is 40.2 Å². The van der Waals surface area contributed by atoms with Crippen LogP contribution in [0.1, 0.15) is 25.7 Å². The third-order valence-corrected chi connectivity index (χ3v) is 4.26. The minimum absolute atomic E-state index is 0.609. The summed E-state index contributed by atoms with van der Waals surface area (Å²) in [5.41, 5.74) is 1.19. The first-order chi connectivity index (χ1) is 9.34. The number of hydrogen-bond acceptors (Lipinski definition) is 4. The average Bonchev–Trinajstić information content (AvgIpc) is 3.30. The Morgan fingerprint density at radius 2 is 2.11 bits per heavy atom. The van der Waals surface area contributed by atoms with Gasteiger partial charge in [0, 0.05) is 25.8 Å². The first-order valence-electron chi connectivity index (χ1n) is 7.47. The van der Waals surface area contributed by atoms with Crippen molar-refractivity contribution in [3.63, 3.8) is 0 Å².